The van der Waals surface area contributed by atoms with Gasteiger partial charge < -0.3 is 14.4 Å². The summed E-state index contributed by atoms with van der Waals surface area (Å²) in [5.41, 5.74) is 0.567. The summed E-state index contributed by atoms with van der Waals surface area (Å²) in [4.78, 5) is 14.3. The Labute approximate surface area is 133 Å². The zero-order valence-electron chi connectivity index (χ0n) is 11.7. The topological polar surface area (TPSA) is 38.8 Å². The predicted octanol–water partition coefficient (Wildman–Crippen LogP) is 3.23. The summed E-state index contributed by atoms with van der Waals surface area (Å²) in [6, 6.07) is 5.19. The molecule has 0 aromatic heterocycles. The molecule has 0 radical (unpaired) electrons. The van der Waals surface area contributed by atoms with Crippen molar-refractivity contribution >= 4 is 33.4 Å². The van der Waals surface area contributed by atoms with Crippen molar-refractivity contribution in [2.45, 2.75) is 6.42 Å². The fraction of sp³-hybridized carbons (Fsp3) is 0.500. The lowest BCUT2D eigenvalue weighted by molar-refractivity contribution is 0.0674. The van der Waals surface area contributed by atoms with Gasteiger partial charge in [0.25, 0.3) is 5.91 Å². The second-order valence-corrected chi connectivity index (χ2v) is 5.64. The number of ether oxygens (including phenoxy) is 2. The molecule has 0 unspecified atom stereocenters. The normalized spacial score (nSPS) is 10.6. The molecule has 0 aliphatic heterocycles. The average Bonchev–Trinajstić information content (AvgIpc) is 2.41. The van der Waals surface area contributed by atoms with E-state index in [1.165, 1.54) is 0 Å². The third kappa shape index (κ3) is 5.79. The van der Waals surface area contributed by atoms with E-state index in [0.717, 1.165) is 10.9 Å². The van der Waals surface area contributed by atoms with Crippen molar-refractivity contribution < 1.29 is 14.3 Å². The van der Waals surface area contributed by atoms with E-state index in [0.29, 0.717) is 36.9 Å². The van der Waals surface area contributed by atoms with Crippen LogP contribution >= 0.6 is 27.5 Å². The molecule has 0 saturated carbocycles. The standard InChI is InChI=1S/C14H19BrClNO3/c1-19-6-3-4-17(5-7-20-2)14(18)11-8-12(15)10-13(16)9-11/h8-10H,3-7H2,1-2H3. The molecule has 0 saturated heterocycles. The quantitative estimate of drug-likeness (QED) is 0.665. The third-order valence-corrected chi connectivity index (χ3v) is 3.41. The number of carbonyl (C=O) groups is 1. The van der Waals surface area contributed by atoms with Crippen molar-refractivity contribution in [3.63, 3.8) is 0 Å². The monoisotopic (exact) mass is 363 g/mol. The fourth-order valence-corrected chi connectivity index (χ4v) is 2.64. The number of rotatable bonds is 8. The van der Waals surface area contributed by atoms with E-state index < -0.39 is 0 Å². The smallest absolute Gasteiger partial charge is 0.254 e. The SMILES string of the molecule is COCCCN(CCOC)C(=O)c1cc(Cl)cc(Br)c1. The highest BCUT2D eigenvalue weighted by molar-refractivity contribution is 9.10. The Morgan fingerprint density at radius 3 is 2.50 bits per heavy atom. The van der Waals surface area contributed by atoms with E-state index in [9.17, 15) is 4.79 Å². The van der Waals surface area contributed by atoms with Gasteiger partial charge >= 0.3 is 0 Å². The Kier molecular flexibility index (Phi) is 8.14. The molecule has 0 N–H and O–H groups in total. The second-order valence-electron chi connectivity index (χ2n) is 4.29. The number of benzene rings is 1. The Balaban J connectivity index is 2.79. The van der Waals surface area contributed by atoms with Crippen LogP contribution in [0.3, 0.4) is 0 Å². The number of methoxy groups -OCH3 is 2. The molecule has 0 aliphatic rings. The van der Waals surface area contributed by atoms with Gasteiger partial charge in [0, 0.05) is 49.0 Å². The molecule has 4 nitrogen and oxygen atoms in total. The summed E-state index contributed by atoms with van der Waals surface area (Å²) in [6.07, 6.45) is 0.785. The van der Waals surface area contributed by atoms with E-state index in [4.69, 9.17) is 21.1 Å². The zero-order valence-corrected chi connectivity index (χ0v) is 14.0. The largest absolute Gasteiger partial charge is 0.385 e. The molecule has 6 heteroatoms. The molecule has 1 amide bonds. The summed E-state index contributed by atoms with van der Waals surface area (Å²) >= 11 is 9.33. The van der Waals surface area contributed by atoms with E-state index in [-0.39, 0.29) is 5.91 Å². The summed E-state index contributed by atoms with van der Waals surface area (Å²) in [5, 5.41) is 0.534. The van der Waals surface area contributed by atoms with Gasteiger partial charge in [0.15, 0.2) is 0 Å². The van der Waals surface area contributed by atoms with Crippen LogP contribution in [-0.4, -0.2) is 51.3 Å². The highest BCUT2D eigenvalue weighted by Crippen LogP contribution is 2.20. The molecule has 0 fully saturated rings. The fourth-order valence-electron chi connectivity index (χ4n) is 1.78. The molecule has 0 bridgehead atoms. The minimum Gasteiger partial charge on any atom is -0.385 e. The molecule has 0 spiro atoms. The molecule has 112 valence electrons. The number of halogens is 2. The van der Waals surface area contributed by atoms with Crippen molar-refractivity contribution in [3.8, 4) is 0 Å². The number of hydrogen-bond donors (Lipinski definition) is 0. The first-order chi connectivity index (χ1) is 9.58. The maximum Gasteiger partial charge on any atom is 0.254 e. The van der Waals surface area contributed by atoms with Gasteiger partial charge in [-0.1, -0.05) is 27.5 Å². The summed E-state index contributed by atoms with van der Waals surface area (Å²) in [5.74, 6) is -0.0543. The maximum atomic E-state index is 12.5. The minimum absolute atomic E-state index is 0.0543. The highest BCUT2D eigenvalue weighted by Gasteiger charge is 2.16. The van der Waals surface area contributed by atoms with Crippen molar-refractivity contribution in [1.29, 1.82) is 0 Å². The molecule has 0 heterocycles. The van der Waals surface area contributed by atoms with E-state index in [1.54, 1.807) is 37.3 Å². The van der Waals surface area contributed by atoms with Crippen molar-refractivity contribution in [3.05, 3.63) is 33.3 Å². The van der Waals surface area contributed by atoms with Crippen molar-refractivity contribution in [2.24, 2.45) is 0 Å². The molecule has 0 aliphatic carbocycles. The van der Waals surface area contributed by atoms with E-state index in [2.05, 4.69) is 15.9 Å². The third-order valence-electron chi connectivity index (χ3n) is 2.74. The molecule has 1 aromatic rings. The highest BCUT2D eigenvalue weighted by atomic mass is 79.9. The molecule has 0 atom stereocenters. The molecule has 20 heavy (non-hydrogen) atoms. The number of nitrogens with zero attached hydrogens (tertiary/aromatic N) is 1. The van der Waals surface area contributed by atoms with Crippen LogP contribution in [0.4, 0.5) is 0 Å². The first kappa shape index (κ1) is 17.4. The number of hydrogen-bond acceptors (Lipinski definition) is 3. The summed E-state index contributed by atoms with van der Waals surface area (Å²) in [6.45, 7) is 2.29. The Morgan fingerprint density at radius 1 is 1.20 bits per heavy atom. The average molecular weight is 365 g/mol. The first-order valence-corrected chi connectivity index (χ1v) is 7.49. The predicted molar refractivity (Wildman–Crippen MR) is 83.4 cm³/mol. The van der Waals surface area contributed by atoms with Crippen molar-refractivity contribution in [1.82, 2.24) is 4.90 Å². The number of carbonyl (C=O) groups excluding carboxylic acids is 1. The van der Waals surface area contributed by atoms with Gasteiger partial charge in [-0.2, -0.15) is 0 Å². The van der Waals surface area contributed by atoms with Crippen LogP contribution in [0.5, 0.6) is 0 Å². The lowest BCUT2D eigenvalue weighted by atomic mass is 10.2. The van der Waals surface area contributed by atoms with Crippen LogP contribution in [0, 0.1) is 0 Å². The van der Waals surface area contributed by atoms with Crippen LogP contribution < -0.4 is 0 Å². The van der Waals surface area contributed by atoms with Gasteiger partial charge in [0.1, 0.15) is 0 Å². The van der Waals surface area contributed by atoms with E-state index in [1.807, 2.05) is 0 Å². The zero-order chi connectivity index (χ0) is 15.0. The van der Waals surface area contributed by atoms with Gasteiger partial charge in [-0.3, -0.25) is 4.79 Å². The van der Waals surface area contributed by atoms with Crippen LogP contribution in [-0.2, 0) is 9.47 Å². The Hall–Kier alpha value is -0.620. The Bertz CT molecular complexity index is 422. The van der Waals surface area contributed by atoms with Crippen LogP contribution in [0.1, 0.15) is 16.8 Å². The summed E-state index contributed by atoms with van der Waals surface area (Å²) < 4.78 is 10.9. The summed E-state index contributed by atoms with van der Waals surface area (Å²) in [7, 11) is 3.27. The van der Waals surface area contributed by atoms with Gasteiger partial charge in [0.05, 0.1) is 6.61 Å². The van der Waals surface area contributed by atoms with E-state index >= 15 is 0 Å². The first-order valence-electron chi connectivity index (χ1n) is 6.31. The molecular formula is C14H19BrClNO3. The van der Waals surface area contributed by atoms with Crippen molar-refractivity contribution in [2.75, 3.05) is 40.5 Å². The van der Waals surface area contributed by atoms with Gasteiger partial charge in [0.2, 0.25) is 0 Å². The molecule has 1 aromatic carbocycles. The van der Waals surface area contributed by atoms with Crippen LogP contribution in [0.25, 0.3) is 0 Å². The second kappa shape index (κ2) is 9.34. The molecular weight excluding hydrogens is 346 g/mol. The van der Waals surface area contributed by atoms with Gasteiger partial charge in [-0.25, -0.2) is 0 Å². The Morgan fingerprint density at radius 2 is 1.90 bits per heavy atom. The van der Waals surface area contributed by atoms with Gasteiger partial charge in [-0.15, -0.1) is 0 Å². The minimum atomic E-state index is -0.0543. The number of amides is 1. The lowest BCUT2D eigenvalue weighted by Crippen LogP contribution is -2.35. The molecule has 1 rings (SSSR count). The van der Waals surface area contributed by atoms with Crippen LogP contribution in [0.15, 0.2) is 22.7 Å². The lowest BCUT2D eigenvalue weighted by Gasteiger charge is -2.22. The van der Waals surface area contributed by atoms with Crippen LogP contribution in [0.2, 0.25) is 5.02 Å². The van der Waals surface area contributed by atoms with Gasteiger partial charge in [-0.05, 0) is 24.6 Å². The maximum absolute atomic E-state index is 12.5.